The third-order valence-electron chi connectivity index (χ3n) is 4.85. The smallest absolute Gasteiger partial charge is 0.303 e. The van der Waals surface area contributed by atoms with Crippen LogP contribution < -0.4 is 10.2 Å². The lowest BCUT2D eigenvalue weighted by atomic mass is 10.0. The van der Waals surface area contributed by atoms with Crippen LogP contribution in [-0.2, 0) is 11.2 Å². The van der Waals surface area contributed by atoms with Gasteiger partial charge in [0.05, 0.1) is 5.52 Å². The van der Waals surface area contributed by atoms with E-state index in [0.29, 0.717) is 29.3 Å². The van der Waals surface area contributed by atoms with Gasteiger partial charge in [-0.05, 0) is 58.5 Å². The molecule has 1 aromatic heterocycles. The van der Waals surface area contributed by atoms with E-state index in [1.54, 1.807) is 6.07 Å². The molecule has 26 heavy (non-hydrogen) atoms. The number of likely N-dealkylation sites (N-methyl/N-ethyl adjacent to an activating group) is 1. The summed E-state index contributed by atoms with van der Waals surface area (Å²) < 4.78 is 7.99. The average molecular weight is 358 g/mol. The lowest BCUT2D eigenvalue weighted by Crippen LogP contribution is -2.20. The van der Waals surface area contributed by atoms with Crippen LogP contribution in [-0.4, -0.2) is 47.8 Å². The van der Waals surface area contributed by atoms with Gasteiger partial charge in [-0.3, -0.25) is 9.59 Å². The zero-order valence-electron chi connectivity index (χ0n) is 15.6. The summed E-state index contributed by atoms with van der Waals surface area (Å²) in [6.07, 6.45) is 2.41. The van der Waals surface area contributed by atoms with Gasteiger partial charge >= 0.3 is 5.97 Å². The predicted octanol–water partition coefficient (Wildman–Crippen LogP) is 2.60. The fourth-order valence-corrected chi connectivity index (χ4v) is 3.33. The summed E-state index contributed by atoms with van der Waals surface area (Å²) in [7, 11) is 3.96. The zero-order valence-corrected chi connectivity index (χ0v) is 15.6. The maximum atomic E-state index is 13.0. The fraction of sp³-hybridized carbons (Fsp3) is 0.500. The quantitative estimate of drug-likeness (QED) is 0.785. The van der Waals surface area contributed by atoms with Crippen molar-refractivity contribution in [3.05, 3.63) is 39.7 Å². The van der Waals surface area contributed by atoms with Gasteiger partial charge < -0.3 is 19.3 Å². The third kappa shape index (κ3) is 3.90. The second kappa shape index (κ2) is 7.50. The Labute approximate surface area is 153 Å². The fourth-order valence-electron chi connectivity index (χ4n) is 3.33. The van der Waals surface area contributed by atoms with Crippen LogP contribution in [0.3, 0.4) is 0 Å². The number of carboxylic acids is 1. The van der Waals surface area contributed by atoms with E-state index < -0.39 is 5.97 Å². The van der Waals surface area contributed by atoms with Gasteiger partial charge in [-0.25, -0.2) is 0 Å². The second-order valence-electron chi connectivity index (χ2n) is 7.22. The highest BCUT2D eigenvalue weighted by Gasteiger charge is 2.28. The minimum absolute atomic E-state index is 0.0364. The van der Waals surface area contributed by atoms with E-state index in [0.717, 1.165) is 30.6 Å². The molecule has 1 heterocycles. The Morgan fingerprint density at radius 1 is 1.35 bits per heavy atom. The van der Waals surface area contributed by atoms with E-state index in [2.05, 4.69) is 4.57 Å². The molecule has 3 rings (SSSR count). The summed E-state index contributed by atoms with van der Waals surface area (Å²) in [6, 6.07) is 6.07. The summed E-state index contributed by atoms with van der Waals surface area (Å²) in [5.74, 6) is -0.213. The summed E-state index contributed by atoms with van der Waals surface area (Å²) in [4.78, 5) is 26.0. The van der Waals surface area contributed by atoms with Crippen molar-refractivity contribution < 1.29 is 14.6 Å². The SMILES string of the molecule is Cc1c(CCC(=O)O)c(=O)c2cc(OCCN(C)C)ccc2n1C1CC1. The Balaban J connectivity index is 2.04. The van der Waals surface area contributed by atoms with Crippen LogP contribution in [0.2, 0.25) is 0 Å². The lowest BCUT2D eigenvalue weighted by molar-refractivity contribution is -0.136. The molecule has 0 bridgehead atoms. The highest BCUT2D eigenvalue weighted by molar-refractivity contribution is 5.82. The van der Waals surface area contributed by atoms with Crippen LogP contribution >= 0.6 is 0 Å². The molecule has 1 aromatic carbocycles. The number of hydrogen-bond acceptors (Lipinski definition) is 4. The number of ether oxygens (including phenoxy) is 1. The molecule has 0 unspecified atom stereocenters. The van der Waals surface area contributed by atoms with E-state index in [9.17, 15) is 9.59 Å². The molecule has 0 spiro atoms. The number of fused-ring (bicyclic) bond motifs is 1. The number of hydrogen-bond donors (Lipinski definition) is 1. The first kappa shape index (κ1) is 18.5. The number of carboxylic acid groups (broad SMARTS) is 1. The first-order valence-electron chi connectivity index (χ1n) is 9.05. The number of aliphatic carboxylic acids is 1. The van der Waals surface area contributed by atoms with Gasteiger partial charge in [-0.15, -0.1) is 0 Å². The lowest BCUT2D eigenvalue weighted by Gasteiger charge is -2.18. The standard InChI is InChI=1S/C20H26N2O4/c1-13-16(7-9-19(23)24)20(25)17-12-15(26-11-10-21(2)3)6-8-18(17)22(13)14-4-5-14/h6,8,12,14H,4-5,7,9-11H2,1-3H3,(H,23,24). The molecule has 1 aliphatic carbocycles. The summed E-state index contributed by atoms with van der Waals surface area (Å²) in [6.45, 7) is 3.27. The summed E-state index contributed by atoms with van der Waals surface area (Å²) in [5, 5.41) is 9.63. The highest BCUT2D eigenvalue weighted by atomic mass is 16.5. The summed E-state index contributed by atoms with van der Waals surface area (Å²) in [5.41, 5.74) is 2.34. The molecule has 0 atom stereocenters. The molecule has 1 aliphatic rings. The largest absolute Gasteiger partial charge is 0.492 e. The molecule has 0 saturated heterocycles. The van der Waals surface area contributed by atoms with Crippen molar-refractivity contribution in [2.24, 2.45) is 0 Å². The van der Waals surface area contributed by atoms with Gasteiger partial charge in [0, 0.05) is 35.7 Å². The average Bonchev–Trinajstić information content (AvgIpc) is 3.39. The normalized spacial score (nSPS) is 14.2. The van der Waals surface area contributed by atoms with Crippen molar-refractivity contribution in [2.45, 2.75) is 38.6 Å². The van der Waals surface area contributed by atoms with Crippen LogP contribution in [0.4, 0.5) is 0 Å². The zero-order chi connectivity index (χ0) is 18.8. The third-order valence-corrected chi connectivity index (χ3v) is 4.85. The Hall–Kier alpha value is -2.34. The molecule has 6 nitrogen and oxygen atoms in total. The molecular formula is C20H26N2O4. The van der Waals surface area contributed by atoms with E-state index >= 15 is 0 Å². The van der Waals surface area contributed by atoms with E-state index in [4.69, 9.17) is 9.84 Å². The van der Waals surface area contributed by atoms with Crippen molar-refractivity contribution in [3.63, 3.8) is 0 Å². The maximum absolute atomic E-state index is 13.0. The number of aromatic nitrogens is 1. The number of nitrogens with zero attached hydrogens (tertiary/aromatic N) is 2. The molecule has 1 saturated carbocycles. The maximum Gasteiger partial charge on any atom is 0.303 e. The Kier molecular flexibility index (Phi) is 5.32. The number of carbonyl (C=O) groups is 1. The molecule has 6 heteroatoms. The van der Waals surface area contributed by atoms with E-state index in [-0.39, 0.29) is 18.3 Å². The minimum atomic E-state index is -0.886. The molecule has 1 N–H and O–H groups in total. The molecule has 0 radical (unpaired) electrons. The van der Waals surface area contributed by atoms with Crippen LogP contribution in [0.5, 0.6) is 5.75 Å². The van der Waals surface area contributed by atoms with Crippen molar-refractivity contribution >= 4 is 16.9 Å². The molecule has 0 amide bonds. The molecule has 0 aliphatic heterocycles. The monoisotopic (exact) mass is 358 g/mol. The van der Waals surface area contributed by atoms with Crippen molar-refractivity contribution in [1.29, 1.82) is 0 Å². The van der Waals surface area contributed by atoms with Gasteiger partial charge in [0.2, 0.25) is 0 Å². The Bertz CT molecular complexity index is 881. The van der Waals surface area contributed by atoms with Crippen LogP contribution in [0, 0.1) is 6.92 Å². The molecule has 1 fully saturated rings. The Morgan fingerprint density at radius 2 is 2.08 bits per heavy atom. The summed E-state index contributed by atoms with van der Waals surface area (Å²) >= 11 is 0. The Morgan fingerprint density at radius 3 is 2.69 bits per heavy atom. The molecular weight excluding hydrogens is 332 g/mol. The van der Waals surface area contributed by atoms with Gasteiger partial charge in [0.25, 0.3) is 0 Å². The molecule has 140 valence electrons. The number of benzene rings is 1. The first-order valence-corrected chi connectivity index (χ1v) is 9.05. The minimum Gasteiger partial charge on any atom is -0.492 e. The van der Waals surface area contributed by atoms with Crippen molar-refractivity contribution in [3.8, 4) is 5.75 Å². The van der Waals surface area contributed by atoms with Gasteiger partial charge in [-0.1, -0.05) is 0 Å². The van der Waals surface area contributed by atoms with Crippen LogP contribution in [0.1, 0.15) is 36.6 Å². The van der Waals surface area contributed by atoms with Gasteiger partial charge in [0.15, 0.2) is 5.43 Å². The molecule has 2 aromatic rings. The number of pyridine rings is 1. The first-order chi connectivity index (χ1) is 12.4. The second-order valence-corrected chi connectivity index (χ2v) is 7.22. The van der Waals surface area contributed by atoms with E-state index in [1.807, 2.05) is 38.1 Å². The van der Waals surface area contributed by atoms with Crippen LogP contribution in [0.15, 0.2) is 23.0 Å². The topological polar surface area (TPSA) is 71.8 Å². The van der Waals surface area contributed by atoms with Crippen molar-refractivity contribution in [1.82, 2.24) is 9.47 Å². The predicted molar refractivity (Wildman–Crippen MR) is 101 cm³/mol. The number of rotatable bonds is 8. The van der Waals surface area contributed by atoms with Gasteiger partial charge in [-0.2, -0.15) is 0 Å². The van der Waals surface area contributed by atoms with Crippen molar-refractivity contribution in [2.75, 3.05) is 27.2 Å². The van der Waals surface area contributed by atoms with Crippen LogP contribution in [0.25, 0.3) is 10.9 Å². The highest BCUT2D eigenvalue weighted by Crippen LogP contribution is 2.39. The van der Waals surface area contributed by atoms with E-state index in [1.165, 1.54) is 0 Å². The van der Waals surface area contributed by atoms with Gasteiger partial charge in [0.1, 0.15) is 12.4 Å².